The fraction of sp³-hybridized carbons (Fsp3) is 0.804. The van der Waals surface area contributed by atoms with Crippen LogP contribution >= 0.6 is 15.6 Å². The van der Waals surface area contributed by atoms with Crippen LogP contribution in [-0.2, 0) is 41.8 Å². The molecular formula is C51H94O14P2. The molecule has 0 aromatic heterocycles. The predicted octanol–water partition coefficient (Wildman–Crippen LogP) is 13.0. The quantitative estimate of drug-likeness (QED) is 0.0126. The van der Waals surface area contributed by atoms with E-state index in [1.807, 2.05) is 12.2 Å². The van der Waals surface area contributed by atoms with Gasteiger partial charge in [0.25, 0.3) is 0 Å². The molecule has 0 saturated carbocycles. The molecule has 0 radical (unpaired) electrons. The maximum absolute atomic E-state index is 12.7. The third-order valence-corrected chi connectivity index (χ3v) is 12.8. The summed E-state index contributed by atoms with van der Waals surface area (Å²) in [6.07, 6.45) is 44.1. The smallest absolute Gasteiger partial charge is 0.462 e. The summed E-state index contributed by atoms with van der Waals surface area (Å²) in [4.78, 5) is 52.9. The molecule has 14 nitrogen and oxygen atoms in total. The summed E-state index contributed by atoms with van der Waals surface area (Å²) >= 11 is 0. The second-order valence-electron chi connectivity index (χ2n) is 17.9. The highest BCUT2D eigenvalue weighted by molar-refractivity contribution is 7.47. The van der Waals surface area contributed by atoms with E-state index in [1.165, 1.54) is 116 Å². The molecule has 0 aliphatic heterocycles. The minimum atomic E-state index is -4.89. The summed E-state index contributed by atoms with van der Waals surface area (Å²) in [7, 11) is -9.74. The van der Waals surface area contributed by atoms with Crippen molar-refractivity contribution in [3.8, 4) is 0 Å². The van der Waals surface area contributed by atoms with Crippen LogP contribution in [0.15, 0.2) is 48.6 Å². The number of rotatable bonds is 48. The number of phosphoric ester groups is 2. The van der Waals surface area contributed by atoms with Gasteiger partial charge in [-0.05, 0) is 50.9 Å². The molecule has 0 fully saturated rings. The zero-order valence-corrected chi connectivity index (χ0v) is 43.6. The van der Waals surface area contributed by atoms with Gasteiger partial charge < -0.3 is 34.4 Å². The first kappa shape index (κ1) is 65.0. The number of hydrogen-bond donors (Lipinski definition) is 5. The summed E-state index contributed by atoms with van der Waals surface area (Å²) in [6, 6.07) is 0. The van der Waals surface area contributed by atoms with Gasteiger partial charge in [0, 0.05) is 12.8 Å². The molecule has 5 N–H and O–H groups in total. The molecule has 0 aliphatic rings. The van der Waals surface area contributed by atoms with E-state index < -0.39 is 72.3 Å². The van der Waals surface area contributed by atoms with Crippen molar-refractivity contribution in [3.63, 3.8) is 0 Å². The Morgan fingerprint density at radius 1 is 0.537 bits per heavy atom. The lowest BCUT2D eigenvalue weighted by Gasteiger charge is -2.20. The number of allylic oxidation sites excluding steroid dienone is 7. The number of esters is 2. The van der Waals surface area contributed by atoms with Gasteiger partial charge in [0.2, 0.25) is 0 Å². The molecule has 0 spiro atoms. The van der Waals surface area contributed by atoms with Crippen LogP contribution in [0.3, 0.4) is 0 Å². The van der Waals surface area contributed by atoms with Crippen molar-refractivity contribution in [2.24, 2.45) is 5.92 Å². The molecule has 16 heteroatoms. The van der Waals surface area contributed by atoms with Crippen LogP contribution in [0.25, 0.3) is 0 Å². The maximum atomic E-state index is 12.7. The van der Waals surface area contributed by atoms with E-state index in [2.05, 4.69) is 54.1 Å². The highest BCUT2D eigenvalue weighted by Gasteiger charge is 2.28. The maximum Gasteiger partial charge on any atom is 0.472 e. The Morgan fingerprint density at radius 2 is 1.04 bits per heavy atom. The molecule has 0 bridgehead atoms. The molecule has 0 amide bonds. The Bertz CT molecular complexity index is 1400. The molecule has 0 aromatic rings. The summed E-state index contributed by atoms with van der Waals surface area (Å²) in [5.41, 5.74) is 0. The van der Waals surface area contributed by atoms with Crippen LogP contribution in [0.4, 0.5) is 0 Å². The zero-order chi connectivity index (χ0) is 49.7. The molecule has 0 aromatic carbocycles. The summed E-state index contributed by atoms with van der Waals surface area (Å²) in [6.45, 7) is 3.93. The van der Waals surface area contributed by atoms with E-state index in [-0.39, 0.29) is 12.8 Å². The summed E-state index contributed by atoms with van der Waals surface area (Å²) in [5.74, 6) is -0.350. The number of hydrogen-bond acceptors (Lipinski definition) is 11. The van der Waals surface area contributed by atoms with E-state index >= 15 is 0 Å². The highest BCUT2D eigenvalue weighted by atomic mass is 31.2. The Morgan fingerprint density at radius 3 is 1.61 bits per heavy atom. The molecular weight excluding hydrogens is 898 g/mol. The van der Waals surface area contributed by atoms with E-state index in [9.17, 15) is 33.8 Å². The minimum absolute atomic E-state index is 0.0324. The second-order valence-corrected chi connectivity index (χ2v) is 20.6. The van der Waals surface area contributed by atoms with Crippen molar-refractivity contribution in [1.82, 2.24) is 0 Å². The molecule has 2 unspecified atom stereocenters. The Labute approximate surface area is 405 Å². The van der Waals surface area contributed by atoms with Gasteiger partial charge in [-0.15, -0.1) is 0 Å². The number of ether oxygens (including phenoxy) is 2. The van der Waals surface area contributed by atoms with Crippen LogP contribution in [0.1, 0.15) is 213 Å². The van der Waals surface area contributed by atoms with Crippen molar-refractivity contribution in [2.45, 2.75) is 232 Å². The predicted molar refractivity (Wildman–Crippen MR) is 268 cm³/mol. The lowest BCUT2D eigenvalue weighted by Crippen LogP contribution is -2.30. The zero-order valence-electron chi connectivity index (χ0n) is 41.8. The van der Waals surface area contributed by atoms with Crippen LogP contribution in [-0.4, -0.2) is 81.6 Å². The Hall–Kier alpha value is -1.96. The lowest BCUT2D eigenvalue weighted by molar-refractivity contribution is -0.161. The fourth-order valence-electron chi connectivity index (χ4n) is 7.02. The largest absolute Gasteiger partial charge is 0.472 e. The first-order valence-corrected chi connectivity index (χ1v) is 28.9. The van der Waals surface area contributed by atoms with Crippen molar-refractivity contribution in [1.29, 1.82) is 0 Å². The van der Waals surface area contributed by atoms with Gasteiger partial charge in [-0.2, -0.15) is 0 Å². The first-order chi connectivity index (χ1) is 32.2. The van der Waals surface area contributed by atoms with Gasteiger partial charge in [-0.25, -0.2) is 9.13 Å². The normalized spacial score (nSPS) is 15.2. The molecule has 0 saturated heterocycles. The average molecular weight is 993 g/mol. The summed E-state index contributed by atoms with van der Waals surface area (Å²) < 4.78 is 47.8. The fourth-order valence-corrected chi connectivity index (χ4v) is 8.17. The van der Waals surface area contributed by atoms with E-state index in [0.29, 0.717) is 19.3 Å². The lowest BCUT2D eigenvalue weighted by atomic mass is 9.99. The standard InChI is InChI=1S/C51H94O14P2/c1-4-6-7-8-9-10-11-18-22-25-28-31-34-38-47(52)39-36-41-50(54)61-44-49(45-64-67(59,60)63-43-48(53)42-62-66(56,57)58)65-51(55)40-35-32-29-26-23-20-17-15-13-12-14-16-19-21-24-27-30-33-37-46(3)5-2/h9-10,18,22,28,31,34,38,46-49,52-53H,4-8,11-17,19-21,23-27,29-30,32-33,35-37,39-45H2,1-3H3,(H,59,60)(H2,56,57,58)/b10-9-,22-18-,31-28-,38-34+/t46?,47-,48+,49-/m1/s1. The van der Waals surface area contributed by atoms with Crippen LogP contribution in [0.5, 0.6) is 0 Å². The van der Waals surface area contributed by atoms with Gasteiger partial charge in [-0.3, -0.25) is 23.2 Å². The topological polar surface area (TPSA) is 216 Å². The SMILES string of the molecule is CCCCC/C=C\C/C=C\C/C=C\C=C\[C@@H](O)CCCC(=O)OC[C@H](COP(=O)(O)OC[C@@H](O)COP(=O)(O)O)OC(=O)CCCCCCCCCCCCCCCCCCCCC(C)CC. The van der Waals surface area contributed by atoms with Gasteiger partial charge in [0.05, 0.1) is 25.9 Å². The number of carbonyl (C=O) groups excluding carboxylic acids is 2. The molecule has 0 aliphatic carbocycles. The number of aliphatic hydroxyl groups is 2. The van der Waals surface area contributed by atoms with E-state index in [0.717, 1.165) is 50.9 Å². The van der Waals surface area contributed by atoms with Crippen molar-refractivity contribution in [2.75, 3.05) is 26.4 Å². The molecule has 5 atom stereocenters. The molecule has 0 heterocycles. The molecule has 392 valence electrons. The van der Waals surface area contributed by atoms with Crippen molar-refractivity contribution in [3.05, 3.63) is 48.6 Å². The van der Waals surface area contributed by atoms with Gasteiger partial charge in [0.15, 0.2) is 6.10 Å². The number of aliphatic hydroxyl groups excluding tert-OH is 2. The molecule has 0 rings (SSSR count). The number of carbonyl (C=O) groups is 2. The first-order valence-electron chi connectivity index (χ1n) is 25.8. The third kappa shape index (κ3) is 48.8. The van der Waals surface area contributed by atoms with Crippen molar-refractivity contribution >= 4 is 27.6 Å². The van der Waals surface area contributed by atoms with E-state index in [4.69, 9.17) is 23.8 Å². The second kappa shape index (κ2) is 45.2. The monoisotopic (exact) mass is 993 g/mol. The summed E-state index contributed by atoms with van der Waals surface area (Å²) in [5, 5.41) is 20.1. The third-order valence-electron chi connectivity index (χ3n) is 11.4. The highest BCUT2D eigenvalue weighted by Crippen LogP contribution is 2.44. The average Bonchev–Trinajstić information content (AvgIpc) is 3.29. The minimum Gasteiger partial charge on any atom is -0.462 e. The van der Waals surface area contributed by atoms with Crippen molar-refractivity contribution < 1.29 is 66.7 Å². The van der Waals surface area contributed by atoms with Gasteiger partial charge in [-0.1, -0.05) is 204 Å². The van der Waals surface area contributed by atoms with E-state index in [1.54, 1.807) is 12.2 Å². The Kier molecular flexibility index (Phi) is 43.9. The van der Waals surface area contributed by atoms with Gasteiger partial charge in [0.1, 0.15) is 12.7 Å². The number of unbranched alkanes of at least 4 members (excludes halogenated alkanes) is 20. The van der Waals surface area contributed by atoms with Gasteiger partial charge >= 0.3 is 27.6 Å². The van der Waals surface area contributed by atoms with Crippen LogP contribution < -0.4 is 0 Å². The van der Waals surface area contributed by atoms with Crippen LogP contribution in [0, 0.1) is 5.92 Å². The number of phosphoric acid groups is 2. The molecule has 67 heavy (non-hydrogen) atoms. The van der Waals surface area contributed by atoms with Crippen LogP contribution in [0.2, 0.25) is 0 Å². The Balaban J connectivity index is 4.53.